The molecule has 5 heteroatoms. The number of aliphatic carboxylic acids is 1. The van der Waals surface area contributed by atoms with Gasteiger partial charge in [0.15, 0.2) is 0 Å². The number of hydrogen-bond acceptors (Lipinski definition) is 4. The van der Waals surface area contributed by atoms with Gasteiger partial charge in [-0.05, 0) is 6.92 Å². The van der Waals surface area contributed by atoms with E-state index >= 15 is 0 Å². The number of hydrogen-bond donors (Lipinski definition) is 1. The van der Waals surface area contributed by atoms with Crippen LogP contribution in [-0.4, -0.2) is 34.1 Å². The lowest BCUT2D eigenvalue weighted by atomic mass is 10.0. The average Bonchev–Trinajstić information content (AvgIpc) is 2.00. The summed E-state index contributed by atoms with van der Waals surface area (Å²) in [5.74, 6) is -0.160. The number of carboxylic acids is 1. The fourth-order valence-electron chi connectivity index (χ4n) is 1.44. The van der Waals surface area contributed by atoms with E-state index in [4.69, 9.17) is 5.11 Å². The molecule has 0 bridgehead atoms. The summed E-state index contributed by atoms with van der Waals surface area (Å²) in [6.45, 7) is 2.98. The van der Waals surface area contributed by atoms with Gasteiger partial charge in [0.2, 0.25) is 0 Å². The number of anilines is 1. The van der Waals surface area contributed by atoms with Crippen molar-refractivity contribution < 1.29 is 9.90 Å². The van der Waals surface area contributed by atoms with E-state index in [0.29, 0.717) is 13.1 Å². The molecule has 0 aromatic carbocycles. The van der Waals surface area contributed by atoms with Gasteiger partial charge in [0.1, 0.15) is 12.1 Å². The Morgan fingerprint density at radius 1 is 1.57 bits per heavy atom. The molecule has 0 spiro atoms. The van der Waals surface area contributed by atoms with Gasteiger partial charge in [0.25, 0.3) is 0 Å². The molecule has 0 radical (unpaired) electrons. The molecule has 1 fully saturated rings. The Labute approximate surface area is 81.4 Å². The largest absolute Gasteiger partial charge is 0.481 e. The second-order valence-electron chi connectivity index (χ2n) is 3.46. The van der Waals surface area contributed by atoms with Crippen molar-refractivity contribution in [1.82, 2.24) is 9.97 Å². The van der Waals surface area contributed by atoms with Crippen molar-refractivity contribution in [2.75, 3.05) is 18.0 Å². The van der Waals surface area contributed by atoms with E-state index in [1.807, 2.05) is 17.9 Å². The van der Waals surface area contributed by atoms with Crippen molar-refractivity contribution in [3.63, 3.8) is 0 Å². The van der Waals surface area contributed by atoms with Crippen molar-refractivity contribution in [3.8, 4) is 0 Å². The van der Waals surface area contributed by atoms with Crippen LogP contribution < -0.4 is 4.90 Å². The van der Waals surface area contributed by atoms with Gasteiger partial charge in [0.05, 0.1) is 5.92 Å². The minimum absolute atomic E-state index is 0.245. The molecule has 1 aliphatic heterocycles. The van der Waals surface area contributed by atoms with Gasteiger partial charge >= 0.3 is 5.97 Å². The molecule has 0 aliphatic carbocycles. The smallest absolute Gasteiger partial charge is 0.310 e. The van der Waals surface area contributed by atoms with E-state index in [1.165, 1.54) is 6.33 Å². The predicted molar refractivity (Wildman–Crippen MR) is 50.1 cm³/mol. The number of carboxylic acid groups (broad SMARTS) is 1. The summed E-state index contributed by atoms with van der Waals surface area (Å²) in [7, 11) is 0. The van der Waals surface area contributed by atoms with Crippen molar-refractivity contribution in [1.29, 1.82) is 0 Å². The highest BCUT2D eigenvalue weighted by molar-refractivity contribution is 5.74. The molecular weight excluding hydrogens is 182 g/mol. The van der Waals surface area contributed by atoms with Gasteiger partial charge in [-0.2, -0.15) is 0 Å². The second-order valence-corrected chi connectivity index (χ2v) is 3.46. The Balaban J connectivity index is 2.03. The monoisotopic (exact) mass is 193 g/mol. The number of nitrogens with zero attached hydrogens (tertiary/aromatic N) is 3. The Morgan fingerprint density at radius 3 is 2.86 bits per heavy atom. The van der Waals surface area contributed by atoms with E-state index in [9.17, 15) is 4.79 Å². The first-order chi connectivity index (χ1) is 6.66. The number of aromatic nitrogens is 2. The third-order valence-corrected chi connectivity index (χ3v) is 2.34. The topological polar surface area (TPSA) is 66.3 Å². The number of aryl methyl sites for hydroxylation is 1. The molecule has 0 atom stereocenters. The van der Waals surface area contributed by atoms with E-state index in [2.05, 4.69) is 9.97 Å². The summed E-state index contributed by atoms with van der Waals surface area (Å²) in [6, 6.07) is 1.86. The summed E-state index contributed by atoms with van der Waals surface area (Å²) >= 11 is 0. The molecule has 1 aromatic heterocycles. The van der Waals surface area contributed by atoms with E-state index in [-0.39, 0.29) is 5.92 Å². The fraction of sp³-hybridized carbons (Fsp3) is 0.444. The second kappa shape index (κ2) is 3.25. The van der Waals surface area contributed by atoms with Crippen molar-refractivity contribution in [2.45, 2.75) is 6.92 Å². The zero-order chi connectivity index (χ0) is 10.1. The minimum atomic E-state index is -0.730. The Morgan fingerprint density at radius 2 is 2.29 bits per heavy atom. The predicted octanol–water partition coefficient (Wildman–Crippen LogP) is 0.306. The summed E-state index contributed by atoms with van der Waals surface area (Å²) < 4.78 is 0. The fourth-order valence-corrected chi connectivity index (χ4v) is 1.44. The van der Waals surface area contributed by atoms with E-state index in [0.717, 1.165) is 11.5 Å². The van der Waals surface area contributed by atoms with Crippen LogP contribution in [0.4, 0.5) is 5.82 Å². The molecule has 0 unspecified atom stereocenters. The standard InChI is InChI=1S/C9H11N3O2/c1-6-2-8(11-5-10-6)12-3-7(4-12)9(13)14/h2,5,7H,3-4H2,1H3,(H,13,14). The molecule has 74 valence electrons. The maximum absolute atomic E-state index is 10.6. The lowest BCUT2D eigenvalue weighted by Gasteiger charge is -2.37. The molecule has 1 aliphatic rings. The quantitative estimate of drug-likeness (QED) is 0.732. The minimum Gasteiger partial charge on any atom is -0.481 e. The first-order valence-electron chi connectivity index (χ1n) is 4.43. The molecule has 2 heterocycles. The first-order valence-corrected chi connectivity index (χ1v) is 4.43. The van der Waals surface area contributed by atoms with Gasteiger partial charge < -0.3 is 10.0 Å². The lowest BCUT2D eigenvalue weighted by Crippen LogP contribution is -2.50. The molecule has 1 aromatic rings. The van der Waals surface area contributed by atoms with E-state index < -0.39 is 5.97 Å². The summed E-state index contributed by atoms with van der Waals surface area (Å²) in [5.41, 5.74) is 0.897. The maximum atomic E-state index is 10.6. The van der Waals surface area contributed by atoms with Crippen LogP contribution >= 0.6 is 0 Å². The van der Waals surface area contributed by atoms with Crippen LogP contribution in [0.2, 0.25) is 0 Å². The number of rotatable bonds is 2. The molecular formula is C9H11N3O2. The van der Waals surface area contributed by atoms with Crippen LogP contribution in [0.1, 0.15) is 5.69 Å². The highest BCUT2D eigenvalue weighted by Crippen LogP contribution is 2.22. The third-order valence-electron chi connectivity index (χ3n) is 2.34. The highest BCUT2D eigenvalue weighted by atomic mass is 16.4. The van der Waals surface area contributed by atoms with Crippen LogP contribution in [0.25, 0.3) is 0 Å². The maximum Gasteiger partial charge on any atom is 0.310 e. The molecule has 14 heavy (non-hydrogen) atoms. The van der Waals surface area contributed by atoms with Crippen molar-refractivity contribution >= 4 is 11.8 Å². The van der Waals surface area contributed by atoms with E-state index in [1.54, 1.807) is 0 Å². The molecule has 1 saturated heterocycles. The zero-order valence-electron chi connectivity index (χ0n) is 7.84. The average molecular weight is 193 g/mol. The molecule has 0 saturated carbocycles. The third kappa shape index (κ3) is 1.53. The number of carbonyl (C=O) groups is 1. The molecule has 1 N–H and O–H groups in total. The Bertz CT molecular complexity index is 361. The molecule has 5 nitrogen and oxygen atoms in total. The highest BCUT2D eigenvalue weighted by Gasteiger charge is 2.33. The Kier molecular flexibility index (Phi) is 2.07. The van der Waals surface area contributed by atoms with Crippen LogP contribution in [0.15, 0.2) is 12.4 Å². The summed E-state index contributed by atoms with van der Waals surface area (Å²) in [5, 5.41) is 8.69. The normalized spacial score (nSPS) is 16.5. The van der Waals surface area contributed by atoms with Crippen molar-refractivity contribution in [3.05, 3.63) is 18.1 Å². The van der Waals surface area contributed by atoms with Crippen LogP contribution in [0, 0.1) is 12.8 Å². The molecule has 0 amide bonds. The summed E-state index contributed by atoms with van der Waals surface area (Å²) in [4.78, 5) is 20.6. The van der Waals surface area contributed by atoms with Gasteiger partial charge in [-0.25, -0.2) is 9.97 Å². The molecule has 2 rings (SSSR count). The zero-order valence-corrected chi connectivity index (χ0v) is 7.84. The van der Waals surface area contributed by atoms with Gasteiger partial charge in [0, 0.05) is 24.8 Å². The van der Waals surface area contributed by atoms with Crippen LogP contribution in [0.3, 0.4) is 0 Å². The van der Waals surface area contributed by atoms with Crippen LogP contribution in [-0.2, 0) is 4.79 Å². The lowest BCUT2D eigenvalue weighted by molar-refractivity contribution is -0.142. The van der Waals surface area contributed by atoms with Gasteiger partial charge in [-0.3, -0.25) is 4.79 Å². The van der Waals surface area contributed by atoms with Gasteiger partial charge in [-0.15, -0.1) is 0 Å². The SMILES string of the molecule is Cc1cc(N2CC(C(=O)O)C2)ncn1. The Hall–Kier alpha value is -1.65. The first kappa shape index (κ1) is 8.93. The van der Waals surface area contributed by atoms with Crippen molar-refractivity contribution in [2.24, 2.45) is 5.92 Å². The van der Waals surface area contributed by atoms with Gasteiger partial charge in [-0.1, -0.05) is 0 Å². The summed E-state index contributed by atoms with van der Waals surface area (Å²) in [6.07, 6.45) is 1.50. The van der Waals surface area contributed by atoms with Crippen LogP contribution in [0.5, 0.6) is 0 Å².